The van der Waals surface area contributed by atoms with E-state index in [0.717, 1.165) is 0 Å². The molecular weight excluding hydrogens is 328 g/mol. The van der Waals surface area contributed by atoms with Gasteiger partial charge in [0, 0.05) is 5.56 Å². The van der Waals surface area contributed by atoms with Crippen molar-refractivity contribution in [2.45, 2.75) is 13.2 Å². The van der Waals surface area contributed by atoms with Gasteiger partial charge in [-0.15, -0.1) is 0 Å². The molecule has 1 aromatic rings. The largest absolute Gasteiger partial charge is 0.478 e. The molecule has 4 N–H and O–H groups in total. The van der Waals surface area contributed by atoms with Crippen LogP contribution in [0.15, 0.2) is 12.1 Å². The minimum absolute atomic E-state index is 0.0353. The predicted octanol–water partition coefficient (Wildman–Crippen LogP) is -0.0360. The molecule has 0 radical (unpaired) electrons. The maximum absolute atomic E-state index is 11.4. The molecule has 24 heavy (non-hydrogen) atoms. The lowest BCUT2D eigenvalue weighted by molar-refractivity contribution is -0.114. The van der Waals surface area contributed by atoms with Gasteiger partial charge >= 0.3 is 11.9 Å². The predicted molar refractivity (Wildman–Crippen MR) is 76.0 cm³/mol. The third-order valence-electron chi connectivity index (χ3n) is 2.80. The molecule has 0 aliphatic rings. The summed E-state index contributed by atoms with van der Waals surface area (Å²) in [5, 5.41) is 35.5. The summed E-state index contributed by atoms with van der Waals surface area (Å²) < 4.78 is 19.1. The summed E-state index contributed by atoms with van der Waals surface area (Å²) in [6, 6.07) is 2.53. The third kappa shape index (κ3) is 6.20. The fourth-order valence-electron chi connectivity index (χ4n) is 1.85. The molecule has 0 atom stereocenters. The van der Waals surface area contributed by atoms with Crippen molar-refractivity contribution in [2.24, 2.45) is 0 Å². The number of hydrogen-bond acceptors (Lipinski definition) is 8. The number of ether oxygens (including phenoxy) is 4. The van der Waals surface area contributed by atoms with Crippen molar-refractivity contribution in [3.8, 4) is 0 Å². The van der Waals surface area contributed by atoms with E-state index in [1.807, 2.05) is 0 Å². The standard InChI is InChI=1S/C14H18O10/c15-5-23-7-21-3-9-1-10(13(17)18)12(4-22-8-24-6-16)11(2-9)14(19)20/h1-2,15-16H,3-8H2,(H,17,18)(H,19,20). The zero-order valence-corrected chi connectivity index (χ0v) is 12.6. The SMILES string of the molecule is O=C(O)c1cc(COCOCO)cc(C(=O)O)c1COCOCO. The van der Waals surface area contributed by atoms with E-state index >= 15 is 0 Å². The Kier molecular flexibility index (Phi) is 8.86. The van der Waals surface area contributed by atoms with Crippen molar-refractivity contribution in [1.82, 2.24) is 0 Å². The summed E-state index contributed by atoms with van der Waals surface area (Å²) >= 11 is 0. The molecule has 0 saturated heterocycles. The first-order valence-corrected chi connectivity index (χ1v) is 6.66. The molecule has 0 aliphatic heterocycles. The highest BCUT2D eigenvalue weighted by atomic mass is 16.7. The summed E-state index contributed by atoms with van der Waals surface area (Å²) in [5.41, 5.74) is -0.227. The normalized spacial score (nSPS) is 10.8. The van der Waals surface area contributed by atoms with Crippen LogP contribution in [0.4, 0.5) is 0 Å². The van der Waals surface area contributed by atoms with E-state index in [-0.39, 0.29) is 43.5 Å². The van der Waals surface area contributed by atoms with Crippen molar-refractivity contribution in [3.63, 3.8) is 0 Å². The molecule has 0 bridgehead atoms. The Labute approximate surface area is 136 Å². The Morgan fingerprint density at radius 1 is 0.792 bits per heavy atom. The highest BCUT2D eigenvalue weighted by Crippen LogP contribution is 2.20. The van der Waals surface area contributed by atoms with Gasteiger partial charge in [-0.05, 0) is 17.7 Å². The van der Waals surface area contributed by atoms with Crippen LogP contribution in [0.2, 0.25) is 0 Å². The summed E-state index contributed by atoms with van der Waals surface area (Å²) in [6.07, 6.45) is 0. The van der Waals surface area contributed by atoms with Crippen LogP contribution < -0.4 is 0 Å². The monoisotopic (exact) mass is 346 g/mol. The molecule has 0 unspecified atom stereocenters. The number of aromatic carboxylic acids is 2. The van der Waals surface area contributed by atoms with Crippen LogP contribution >= 0.6 is 0 Å². The Morgan fingerprint density at radius 3 is 1.67 bits per heavy atom. The lowest BCUT2D eigenvalue weighted by atomic mass is 9.98. The molecule has 0 spiro atoms. The number of carboxylic acids is 2. The number of benzene rings is 1. The number of rotatable bonds is 12. The molecule has 0 fully saturated rings. The maximum atomic E-state index is 11.4. The molecule has 0 aromatic heterocycles. The zero-order valence-electron chi connectivity index (χ0n) is 12.6. The van der Waals surface area contributed by atoms with E-state index in [1.165, 1.54) is 12.1 Å². The van der Waals surface area contributed by atoms with Gasteiger partial charge in [0.25, 0.3) is 0 Å². The van der Waals surface area contributed by atoms with Crippen LogP contribution in [0, 0.1) is 0 Å². The van der Waals surface area contributed by atoms with Gasteiger partial charge in [0.2, 0.25) is 0 Å². The second kappa shape index (κ2) is 10.6. The molecular formula is C14H18O10. The van der Waals surface area contributed by atoms with Gasteiger partial charge in [-0.1, -0.05) is 0 Å². The van der Waals surface area contributed by atoms with Gasteiger partial charge in [0.15, 0.2) is 0 Å². The van der Waals surface area contributed by atoms with Crippen LogP contribution in [0.3, 0.4) is 0 Å². The summed E-state index contributed by atoms with van der Waals surface area (Å²) in [5.74, 6) is -2.65. The minimum atomic E-state index is -1.33. The number of carbonyl (C=O) groups is 2. The lowest BCUT2D eigenvalue weighted by Crippen LogP contribution is -2.14. The van der Waals surface area contributed by atoms with E-state index < -0.39 is 25.5 Å². The highest BCUT2D eigenvalue weighted by Gasteiger charge is 2.20. The topological polar surface area (TPSA) is 152 Å². The van der Waals surface area contributed by atoms with Crippen molar-refractivity contribution in [3.05, 3.63) is 34.4 Å². The first kappa shape index (κ1) is 20.0. The zero-order chi connectivity index (χ0) is 17.9. The summed E-state index contributed by atoms with van der Waals surface area (Å²) in [4.78, 5) is 22.8. The second-order valence-corrected chi connectivity index (χ2v) is 4.38. The molecule has 0 saturated carbocycles. The van der Waals surface area contributed by atoms with E-state index in [9.17, 15) is 19.8 Å². The van der Waals surface area contributed by atoms with Crippen LogP contribution in [-0.4, -0.2) is 59.5 Å². The molecule has 0 heterocycles. The molecule has 0 amide bonds. The van der Waals surface area contributed by atoms with E-state index in [4.69, 9.17) is 19.7 Å². The first-order chi connectivity index (χ1) is 11.5. The first-order valence-electron chi connectivity index (χ1n) is 6.66. The lowest BCUT2D eigenvalue weighted by Gasteiger charge is -2.13. The van der Waals surface area contributed by atoms with Crippen molar-refractivity contribution >= 4 is 11.9 Å². The van der Waals surface area contributed by atoms with Gasteiger partial charge in [0.05, 0.1) is 24.3 Å². The molecule has 10 nitrogen and oxygen atoms in total. The third-order valence-corrected chi connectivity index (χ3v) is 2.80. The van der Waals surface area contributed by atoms with Gasteiger partial charge in [0.1, 0.15) is 27.2 Å². The second-order valence-electron chi connectivity index (χ2n) is 4.38. The number of aliphatic hydroxyl groups excluding tert-OH is 2. The maximum Gasteiger partial charge on any atom is 0.336 e. The van der Waals surface area contributed by atoms with Gasteiger partial charge in [-0.2, -0.15) is 0 Å². The average molecular weight is 346 g/mol. The molecule has 0 aliphatic carbocycles. The van der Waals surface area contributed by atoms with E-state index in [2.05, 4.69) is 9.47 Å². The fraction of sp³-hybridized carbons (Fsp3) is 0.429. The minimum Gasteiger partial charge on any atom is -0.478 e. The van der Waals surface area contributed by atoms with Crippen LogP contribution in [-0.2, 0) is 32.2 Å². The fourth-order valence-corrected chi connectivity index (χ4v) is 1.85. The quantitative estimate of drug-likeness (QED) is 0.300. The van der Waals surface area contributed by atoms with Gasteiger partial charge in [-0.3, -0.25) is 0 Å². The Hall–Kier alpha value is -2.08. The van der Waals surface area contributed by atoms with E-state index in [1.54, 1.807) is 0 Å². The van der Waals surface area contributed by atoms with Crippen LogP contribution in [0.1, 0.15) is 31.8 Å². The number of hydrogen-bond donors (Lipinski definition) is 4. The number of aliphatic hydroxyl groups is 2. The molecule has 134 valence electrons. The van der Waals surface area contributed by atoms with Crippen molar-refractivity contribution in [1.29, 1.82) is 0 Å². The summed E-state index contributed by atoms with van der Waals surface area (Å²) in [6.45, 7) is -2.09. The Bertz CT molecular complexity index is 521. The Balaban J connectivity index is 3.02. The van der Waals surface area contributed by atoms with Gasteiger partial charge < -0.3 is 39.4 Å². The van der Waals surface area contributed by atoms with Crippen molar-refractivity contribution in [2.75, 3.05) is 27.2 Å². The van der Waals surface area contributed by atoms with Crippen LogP contribution in [0.5, 0.6) is 0 Å². The average Bonchev–Trinajstić information content (AvgIpc) is 2.55. The van der Waals surface area contributed by atoms with Crippen molar-refractivity contribution < 1.29 is 49.0 Å². The molecule has 1 aromatic carbocycles. The molecule has 1 rings (SSSR count). The Morgan fingerprint density at radius 2 is 1.25 bits per heavy atom. The van der Waals surface area contributed by atoms with Crippen LogP contribution in [0.25, 0.3) is 0 Å². The van der Waals surface area contributed by atoms with Gasteiger partial charge in [-0.25, -0.2) is 9.59 Å². The summed E-state index contributed by atoms with van der Waals surface area (Å²) in [7, 11) is 0. The molecule has 10 heteroatoms. The number of carboxylic acid groups (broad SMARTS) is 2. The van der Waals surface area contributed by atoms with E-state index in [0.29, 0.717) is 5.56 Å². The highest BCUT2D eigenvalue weighted by molar-refractivity contribution is 5.97. The smallest absolute Gasteiger partial charge is 0.336 e.